The molecule has 0 bridgehead atoms. The fraction of sp³-hybridized carbons (Fsp3) is 0.150. The molecule has 0 radical (unpaired) electrons. The van der Waals surface area contributed by atoms with Crippen LogP contribution in [0.4, 0.5) is 5.69 Å². The third-order valence-corrected chi connectivity index (χ3v) is 4.20. The van der Waals surface area contributed by atoms with Gasteiger partial charge in [-0.1, -0.05) is 24.3 Å². The highest BCUT2D eigenvalue weighted by atomic mass is 16.2. The standard InChI is InChI=1S/C20H18N4O2/c25-19(22-15-9-10-15)14-5-4-6-16(11-14)23-20(26)18-12-21-13-24(18)17-7-2-1-3-8-17/h1-8,11-13,15H,9-10H2,(H,22,25)(H,23,26). The Kier molecular flexibility index (Phi) is 4.23. The van der Waals surface area contributed by atoms with Gasteiger partial charge in [-0.05, 0) is 43.2 Å². The number of anilines is 1. The fourth-order valence-electron chi connectivity index (χ4n) is 2.69. The molecule has 0 aliphatic heterocycles. The van der Waals surface area contributed by atoms with Crippen molar-refractivity contribution in [3.8, 4) is 5.69 Å². The highest BCUT2D eigenvalue weighted by molar-refractivity contribution is 6.04. The van der Waals surface area contributed by atoms with Crippen LogP contribution in [0.2, 0.25) is 0 Å². The Hall–Kier alpha value is -3.41. The maximum absolute atomic E-state index is 12.7. The Labute approximate surface area is 150 Å². The predicted octanol–water partition coefficient (Wildman–Crippen LogP) is 3.02. The normalized spacial score (nSPS) is 13.2. The summed E-state index contributed by atoms with van der Waals surface area (Å²) < 4.78 is 1.72. The van der Waals surface area contributed by atoms with E-state index in [-0.39, 0.29) is 11.8 Å². The Morgan fingerprint density at radius 1 is 1.00 bits per heavy atom. The number of nitrogens with zero attached hydrogens (tertiary/aromatic N) is 2. The molecule has 26 heavy (non-hydrogen) atoms. The van der Waals surface area contributed by atoms with Crippen molar-refractivity contribution >= 4 is 17.5 Å². The van der Waals surface area contributed by atoms with Crippen molar-refractivity contribution in [2.24, 2.45) is 0 Å². The summed E-state index contributed by atoms with van der Waals surface area (Å²) in [4.78, 5) is 28.9. The second-order valence-corrected chi connectivity index (χ2v) is 6.27. The number of carbonyl (C=O) groups is 2. The minimum Gasteiger partial charge on any atom is -0.349 e. The summed E-state index contributed by atoms with van der Waals surface area (Å²) in [5.74, 6) is -0.399. The van der Waals surface area contributed by atoms with Crippen molar-refractivity contribution in [3.63, 3.8) is 0 Å². The van der Waals surface area contributed by atoms with Crippen LogP contribution in [0.5, 0.6) is 0 Å². The van der Waals surface area contributed by atoms with Gasteiger partial charge in [0.05, 0.1) is 12.5 Å². The topological polar surface area (TPSA) is 76.0 Å². The molecule has 1 fully saturated rings. The highest BCUT2D eigenvalue weighted by Gasteiger charge is 2.24. The van der Waals surface area contributed by atoms with Gasteiger partial charge in [0, 0.05) is 23.0 Å². The van der Waals surface area contributed by atoms with E-state index >= 15 is 0 Å². The smallest absolute Gasteiger partial charge is 0.274 e. The molecule has 130 valence electrons. The van der Waals surface area contributed by atoms with Gasteiger partial charge in [0.15, 0.2) is 0 Å². The molecular weight excluding hydrogens is 328 g/mol. The lowest BCUT2D eigenvalue weighted by Crippen LogP contribution is -2.25. The van der Waals surface area contributed by atoms with Crippen molar-refractivity contribution < 1.29 is 9.59 Å². The number of amides is 2. The molecule has 6 nitrogen and oxygen atoms in total. The minimum atomic E-state index is -0.286. The van der Waals surface area contributed by atoms with Crippen molar-refractivity contribution in [3.05, 3.63) is 78.4 Å². The van der Waals surface area contributed by atoms with Gasteiger partial charge in [-0.15, -0.1) is 0 Å². The molecular formula is C20H18N4O2. The Bertz CT molecular complexity index is 945. The Morgan fingerprint density at radius 3 is 2.58 bits per heavy atom. The second kappa shape index (κ2) is 6.84. The maximum Gasteiger partial charge on any atom is 0.274 e. The molecule has 3 aromatic rings. The van der Waals surface area contributed by atoms with Gasteiger partial charge in [-0.2, -0.15) is 0 Å². The van der Waals surface area contributed by atoms with Crippen LogP contribution in [-0.2, 0) is 0 Å². The van der Waals surface area contributed by atoms with Gasteiger partial charge in [-0.25, -0.2) is 4.98 Å². The van der Waals surface area contributed by atoms with E-state index in [1.807, 2.05) is 30.3 Å². The third-order valence-electron chi connectivity index (χ3n) is 4.20. The predicted molar refractivity (Wildman–Crippen MR) is 98.4 cm³/mol. The van der Waals surface area contributed by atoms with Crippen LogP contribution >= 0.6 is 0 Å². The van der Waals surface area contributed by atoms with Crippen molar-refractivity contribution in [1.82, 2.24) is 14.9 Å². The summed E-state index contributed by atoms with van der Waals surface area (Å²) in [6.07, 6.45) is 5.19. The zero-order chi connectivity index (χ0) is 17.9. The average molecular weight is 346 g/mol. The molecule has 1 heterocycles. The zero-order valence-electron chi connectivity index (χ0n) is 14.1. The van der Waals surface area contributed by atoms with Crippen LogP contribution < -0.4 is 10.6 Å². The van der Waals surface area contributed by atoms with E-state index in [0.29, 0.717) is 23.0 Å². The first-order valence-electron chi connectivity index (χ1n) is 8.51. The molecule has 2 N–H and O–H groups in total. The Balaban J connectivity index is 1.52. The van der Waals surface area contributed by atoms with Gasteiger partial charge in [0.2, 0.25) is 0 Å². The van der Waals surface area contributed by atoms with E-state index in [1.54, 1.807) is 35.2 Å². The first-order chi connectivity index (χ1) is 12.7. The summed E-state index contributed by atoms with van der Waals surface area (Å²) in [6.45, 7) is 0. The van der Waals surface area contributed by atoms with Crippen LogP contribution in [0, 0.1) is 0 Å². The van der Waals surface area contributed by atoms with Crippen molar-refractivity contribution in [1.29, 1.82) is 0 Å². The van der Waals surface area contributed by atoms with Crippen LogP contribution in [0.1, 0.15) is 33.7 Å². The highest BCUT2D eigenvalue weighted by Crippen LogP contribution is 2.20. The molecule has 0 spiro atoms. The maximum atomic E-state index is 12.7. The molecule has 1 aliphatic carbocycles. The second-order valence-electron chi connectivity index (χ2n) is 6.27. The SMILES string of the molecule is O=C(NC1CC1)c1cccc(NC(=O)c2cncn2-c2ccccc2)c1. The summed E-state index contributed by atoms with van der Waals surface area (Å²) in [6, 6.07) is 16.8. The minimum absolute atomic E-state index is 0.113. The van der Waals surface area contributed by atoms with Crippen LogP contribution in [0.25, 0.3) is 5.69 Å². The monoisotopic (exact) mass is 346 g/mol. The summed E-state index contributed by atoms with van der Waals surface area (Å²) in [5.41, 5.74) is 2.38. The van der Waals surface area contributed by atoms with E-state index in [4.69, 9.17) is 0 Å². The molecule has 4 rings (SSSR count). The van der Waals surface area contributed by atoms with Gasteiger partial charge in [0.1, 0.15) is 5.69 Å². The molecule has 0 unspecified atom stereocenters. The molecule has 6 heteroatoms. The summed E-state index contributed by atoms with van der Waals surface area (Å²) in [7, 11) is 0. The van der Waals surface area contributed by atoms with Crippen LogP contribution in [0.15, 0.2) is 67.1 Å². The first kappa shape index (κ1) is 16.1. The Morgan fingerprint density at radius 2 is 1.81 bits per heavy atom. The molecule has 0 atom stereocenters. The molecule has 2 amide bonds. The molecule has 0 saturated heterocycles. The number of aromatic nitrogens is 2. The lowest BCUT2D eigenvalue weighted by molar-refractivity contribution is 0.0949. The number of para-hydroxylation sites is 1. The average Bonchev–Trinajstić information content (AvgIpc) is 3.34. The number of carbonyl (C=O) groups excluding carboxylic acids is 2. The molecule has 1 aliphatic rings. The molecule has 2 aromatic carbocycles. The number of hydrogen-bond acceptors (Lipinski definition) is 3. The van der Waals surface area contributed by atoms with E-state index in [0.717, 1.165) is 18.5 Å². The lowest BCUT2D eigenvalue weighted by Gasteiger charge is -2.10. The number of hydrogen-bond donors (Lipinski definition) is 2. The number of nitrogens with one attached hydrogen (secondary N) is 2. The van der Waals surface area contributed by atoms with Gasteiger partial charge in [0.25, 0.3) is 11.8 Å². The van der Waals surface area contributed by atoms with E-state index in [2.05, 4.69) is 15.6 Å². The number of imidazole rings is 1. The van der Waals surface area contributed by atoms with Crippen molar-refractivity contribution in [2.75, 3.05) is 5.32 Å². The summed E-state index contributed by atoms with van der Waals surface area (Å²) in [5, 5.41) is 5.78. The number of benzene rings is 2. The summed E-state index contributed by atoms with van der Waals surface area (Å²) >= 11 is 0. The number of rotatable bonds is 5. The third kappa shape index (κ3) is 3.49. The zero-order valence-corrected chi connectivity index (χ0v) is 14.1. The molecule has 1 saturated carbocycles. The fourth-order valence-corrected chi connectivity index (χ4v) is 2.69. The van der Waals surface area contributed by atoms with E-state index in [1.165, 1.54) is 6.20 Å². The first-order valence-corrected chi connectivity index (χ1v) is 8.51. The van der Waals surface area contributed by atoms with E-state index in [9.17, 15) is 9.59 Å². The van der Waals surface area contributed by atoms with Crippen LogP contribution in [0.3, 0.4) is 0 Å². The van der Waals surface area contributed by atoms with Gasteiger partial charge in [-0.3, -0.25) is 14.2 Å². The van der Waals surface area contributed by atoms with Gasteiger partial charge >= 0.3 is 0 Å². The van der Waals surface area contributed by atoms with E-state index < -0.39 is 0 Å². The van der Waals surface area contributed by atoms with Gasteiger partial charge < -0.3 is 10.6 Å². The van der Waals surface area contributed by atoms with Crippen LogP contribution in [-0.4, -0.2) is 27.4 Å². The quantitative estimate of drug-likeness (QED) is 0.746. The van der Waals surface area contributed by atoms with Crippen molar-refractivity contribution in [2.45, 2.75) is 18.9 Å². The molecule has 1 aromatic heterocycles. The largest absolute Gasteiger partial charge is 0.349 e. The lowest BCUT2D eigenvalue weighted by atomic mass is 10.2.